The van der Waals surface area contributed by atoms with E-state index in [1.807, 2.05) is 0 Å². The molecule has 1 saturated heterocycles. The summed E-state index contributed by atoms with van der Waals surface area (Å²) < 4.78 is 35.8. The molecule has 2 heterocycles. The van der Waals surface area contributed by atoms with Crippen molar-refractivity contribution in [2.75, 3.05) is 26.3 Å². The van der Waals surface area contributed by atoms with E-state index in [2.05, 4.69) is 15.1 Å². The lowest BCUT2D eigenvalue weighted by molar-refractivity contribution is 0.0210. The lowest BCUT2D eigenvalue weighted by Gasteiger charge is -2.25. The van der Waals surface area contributed by atoms with Gasteiger partial charge in [-0.3, -0.25) is 4.90 Å². The van der Waals surface area contributed by atoms with Crippen LogP contribution in [0.15, 0.2) is 53.6 Å². The maximum Gasteiger partial charge on any atom is 0.220 e. The highest BCUT2D eigenvalue weighted by Crippen LogP contribution is 2.20. The van der Waals surface area contributed by atoms with Crippen LogP contribution in [0.5, 0.6) is 0 Å². The topological polar surface area (TPSA) is 47.6 Å². The molecule has 150 valence electrons. The number of rotatable bonds is 5. The predicted octanol–water partition coefficient (Wildman–Crippen LogP) is 3.53. The monoisotopic (exact) mass is 415 g/mol. The van der Waals surface area contributed by atoms with Gasteiger partial charge in [-0.05, 0) is 42.0 Å². The zero-order valence-corrected chi connectivity index (χ0v) is 16.4. The van der Waals surface area contributed by atoms with Crippen molar-refractivity contribution in [3.63, 3.8) is 0 Å². The number of aromatic nitrogens is 3. The summed E-state index contributed by atoms with van der Waals surface area (Å²) in [5, 5.41) is 9.04. The highest BCUT2D eigenvalue weighted by Gasteiger charge is 2.17. The summed E-state index contributed by atoms with van der Waals surface area (Å²) in [6, 6.07) is 12.1. The molecule has 0 aliphatic carbocycles. The number of halogens is 2. The van der Waals surface area contributed by atoms with Crippen LogP contribution in [0.3, 0.4) is 0 Å². The Balaban J connectivity index is 1.72. The molecule has 1 aliphatic heterocycles. The van der Waals surface area contributed by atoms with Gasteiger partial charge in [-0.2, -0.15) is 9.78 Å². The van der Waals surface area contributed by atoms with Crippen LogP contribution in [0.1, 0.15) is 5.56 Å². The first kappa shape index (κ1) is 19.6. The predicted molar refractivity (Wildman–Crippen MR) is 108 cm³/mol. The van der Waals surface area contributed by atoms with Crippen LogP contribution in [0.2, 0.25) is 0 Å². The van der Waals surface area contributed by atoms with Gasteiger partial charge in [0.25, 0.3) is 0 Å². The normalized spacial score (nSPS) is 15.2. The van der Waals surface area contributed by atoms with E-state index >= 15 is 0 Å². The SMILES string of the molecule is Fc1ccc(/C=N/n2c(-c3cccc(F)c3)nn(CN3CCOCC3)c2=S)cc1. The molecular weight excluding hydrogens is 396 g/mol. The van der Waals surface area contributed by atoms with Crippen molar-refractivity contribution in [3.05, 3.63) is 70.5 Å². The summed E-state index contributed by atoms with van der Waals surface area (Å²) in [5.41, 5.74) is 1.27. The molecule has 0 atom stereocenters. The zero-order chi connectivity index (χ0) is 20.2. The smallest absolute Gasteiger partial charge is 0.220 e. The molecule has 4 rings (SSSR count). The lowest BCUT2D eigenvalue weighted by atomic mass is 10.2. The Hall–Kier alpha value is -2.75. The molecule has 1 fully saturated rings. The highest BCUT2D eigenvalue weighted by atomic mass is 32.1. The van der Waals surface area contributed by atoms with Crippen LogP contribution in [-0.4, -0.2) is 51.9 Å². The van der Waals surface area contributed by atoms with Crippen LogP contribution in [0.25, 0.3) is 11.4 Å². The second-order valence-corrected chi connectivity index (χ2v) is 6.96. The fourth-order valence-corrected chi connectivity index (χ4v) is 3.24. The van der Waals surface area contributed by atoms with Gasteiger partial charge in [0.1, 0.15) is 11.6 Å². The van der Waals surface area contributed by atoms with Crippen LogP contribution in [0.4, 0.5) is 8.78 Å². The number of nitrogens with zero attached hydrogens (tertiary/aromatic N) is 5. The third kappa shape index (κ3) is 4.64. The van der Waals surface area contributed by atoms with Gasteiger partial charge < -0.3 is 4.74 Å². The fraction of sp³-hybridized carbons (Fsp3) is 0.250. The third-order valence-electron chi connectivity index (χ3n) is 4.53. The number of hydrogen-bond donors (Lipinski definition) is 0. The van der Waals surface area contributed by atoms with Gasteiger partial charge >= 0.3 is 0 Å². The molecule has 2 aromatic carbocycles. The molecule has 0 amide bonds. The van der Waals surface area contributed by atoms with E-state index in [9.17, 15) is 8.78 Å². The van der Waals surface area contributed by atoms with Crippen LogP contribution < -0.4 is 0 Å². The summed E-state index contributed by atoms with van der Waals surface area (Å²) in [7, 11) is 0. The molecule has 0 N–H and O–H groups in total. The maximum absolute atomic E-state index is 13.8. The second-order valence-electron chi connectivity index (χ2n) is 6.60. The van der Waals surface area contributed by atoms with E-state index in [0.717, 1.165) is 13.1 Å². The molecule has 0 radical (unpaired) electrons. The van der Waals surface area contributed by atoms with Gasteiger partial charge in [-0.1, -0.05) is 24.3 Å². The van der Waals surface area contributed by atoms with Crippen molar-refractivity contribution in [2.24, 2.45) is 5.10 Å². The number of hydrogen-bond acceptors (Lipinski definition) is 5. The molecule has 1 aliphatic rings. The minimum Gasteiger partial charge on any atom is -0.379 e. The van der Waals surface area contributed by atoms with Crippen LogP contribution in [0, 0.1) is 16.4 Å². The van der Waals surface area contributed by atoms with Gasteiger partial charge in [0.05, 0.1) is 26.1 Å². The van der Waals surface area contributed by atoms with Gasteiger partial charge in [-0.15, -0.1) is 5.10 Å². The minimum atomic E-state index is -0.370. The van der Waals surface area contributed by atoms with Gasteiger partial charge in [0, 0.05) is 18.7 Å². The average molecular weight is 415 g/mol. The van der Waals surface area contributed by atoms with Gasteiger partial charge in [0.15, 0.2) is 5.82 Å². The molecule has 29 heavy (non-hydrogen) atoms. The van der Waals surface area contributed by atoms with Crippen molar-refractivity contribution in [3.8, 4) is 11.4 Å². The van der Waals surface area contributed by atoms with E-state index in [1.165, 1.54) is 28.9 Å². The van der Waals surface area contributed by atoms with E-state index in [1.54, 1.807) is 35.2 Å². The summed E-state index contributed by atoms with van der Waals surface area (Å²) >= 11 is 5.59. The molecule has 0 saturated carbocycles. The second kappa shape index (κ2) is 8.73. The standard InChI is InChI=1S/C20H19F2N5OS/c21-17-6-4-15(5-7-17)13-23-27-19(16-2-1-3-18(22)12-16)24-26(20(27)29)14-25-8-10-28-11-9-25/h1-7,12-13H,8-11,14H2/b23-13+. The van der Waals surface area contributed by atoms with Crippen molar-refractivity contribution >= 4 is 18.4 Å². The number of benzene rings is 2. The summed E-state index contributed by atoms with van der Waals surface area (Å²) in [5.74, 6) is -0.260. The van der Waals surface area contributed by atoms with Crippen molar-refractivity contribution in [1.29, 1.82) is 0 Å². The average Bonchev–Trinajstić information content (AvgIpc) is 3.04. The van der Waals surface area contributed by atoms with Crippen molar-refractivity contribution < 1.29 is 13.5 Å². The Morgan fingerprint density at radius 3 is 2.55 bits per heavy atom. The molecule has 3 aromatic rings. The minimum absolute atomic E-state index is 0.322. The molecule has 0 spiro atoms. The maximum atomic E-state index is 13.8. The number of ether oxygens (including phenoxy) is 1. The van der Waals surface area contributed by atoms with Gasteiger partial charge in [-0.25, -0.2) is 13.5 Å². The quantitative estimate of drug-likeness (QED) is 0.473. The summed E-state index contributed by atoms with van der Waals surface area (Å²) in [6.07, 6.45) is 1.57. The molecule has 6 nitrogen and oxygen atoms in total. The Labute approximate surface area is 171 Å². The Morgan fingerprint density at radius 1 is 1.07 bits per heavy atom. The first-order chi connectivity index (χ1) is 14.1. The Bertz CT molecular complexity index is 1070. The van der Waals surface area contributed by atoms with E-state index in [0.29, 0.717) is 41.6 Å². The van der Waals surface area contributed by atoms with Gasteiger partial charge in [0.2, 0.25) is 4.77 Å². The Morgan fingerprint density at radius 2 is 1.83 bits per heavy atom. The Kier molecular flexibility index (Phi) is 5.89. The van der Waals surface area contributed by atoms with E-state index in [4.69, 9.17) is 17.0 Å². The first-order valence-electron chi connectivity index (χ1n) is 9.16. The first-order valence-corrected chi connectivity index (χ1v) is 9.57. The fourth-order valence-electron chi connectivity index (χ4n) is 3.01. The van der Waals surface area contributed by atoms with Crippen LogP contribution in [-0.2, 0) is 11.4 Å². The molecule has 0 unspecified atom stereocenters. The van der Waals surface area contributed by atoms with E-state index in [-0.39, 0.29) is 11.6 Å². The molecule has 0 bridgehead atoms. The summed E-state index contributed by atoms with van der Waals surface area (Å²) in [6.45, 7) is 3.37. The van der Waals surface area contributed by atoms with E-state index < -0.39 is 0 Å². The third-order valence-corrected chi connectivity index (χ3v) is 4.91. The summed E-state index contributed by atoms with van der Waals surface area (Å²) in [4.78, 5) is 2.18. The molecule has 1 aromatic heterocycles. The number of morpholine rings is 1. The molecular formula is C20H19F2N5OS. The largest absolute Gasteiger partial charge is 0.379 e. The molecule has 9 heteroatoms. The van der Waals surface area contributed by atoms with Crippen molar-refractivity contribution in [2.45, 2.75) is 6.67 Å². The zero-order valence-electron chi connectivity index (χ0n) is 15.5. The van der Waals surface area contributed by atoms with Crippen LogP contribution >= 0.6 is 12.2 Å². The lowest BCUT2D eigenvalue weighted by Crippen LogP contribution is -2.37. The highest BCUT2D eigenvalue weighted by molar-refractivity contribution is 7.71. The van der Waals surface area contributed by atoms with Crippen molar-refractivity contribution in [1.82, 2.24) is 19.4 Å².